The Bertz CT molecular complexity index is 966. The molecule has 2 aromatic carbocycles. The number of anilines is 1. The van der Waals surface area contributed by atoms with Crippen LogP contribution in [-0.2, 0) is 11.3 Å². The molecule has 7 nitrogen and oxygen atoms in total. The molecule has 2 fully saturated rings. The van der Waals surface area contributed by atoms with Gasteiger partial charge in [-0.25, -0.2) is 4.79 Å². The van der Waals surface area contributed by atoms with Crippen molar-refractivity contribution in [1.29, 1.82) is 0 Å². The minimum Gasteiger partial charge on any atom is -0.495 e. The molecule has 0 aliphatic carbocycles. The molecule has 1 atom stereocenters. The zero-order valence-corrected chi connectivity index (χ0v) is 16.5. The second kappa shape index (κ2) is 7.58. The summed E-state index contributed by atoms with van der Waals surface area (Å²) in [5.41, 5.74) is 2.69. The number of hydrogen-bond donors (Lipinski definition) is 1. The Balaban J connectivity index is 1.56. The minimum absolute atomic E-state index is 0.145. The maximum absolute atomic E-state index is 12.7. The number of carbonyl (C=O) groups excluding carboxylic acids is 3. The molecule has 1 N–H and O–H groups in total. The van der Waals surface area contributed by atoms with Crippen molar-refractivity contribution in [3.05, 3.63) is 59.2 Å². The van der Waals surface area contributed by atoms with E-state index in [9.17, 15) is 14.4 Å². The fourth-order valence-electron chi connectivity index (χ4n) is 3.98. The third-order valence-electron chi connectivity index (χ3n) is 5.52. The average molecular weight is 393 g/mol. The summed E-state index contributed by atoms with van der Waals surface area (Å²) in [5, 5.41) is 2.88. The lowest BCUT2D eigenvalue weighted by Gasteiger charge is -2.17. The van der Waals surface area contributed by atoms with Gasteiger partial charge >= 0.3 is 6.03 Å². The van der Waals surface area contributed by atoms with Crippen molar-refractivity contribution < 1.29 is 19.1 Å². The van der Waals surface area contributed by atoms with Crippen molar-refractivity contribution in [3.8, 4) is 5.75 Å². The second-order valence-electron chi connectivity index (χ2n) is 7.36. The van der Waals surface area contributed by atoms with Crippen LogP contribution in [0.2, 0.25) is 0 Å². The molecule has 0 spiro atoms. The van der Waals surface area contributed by atoms with E-state index in [0.29, 0.717) is 23.5 Å². The number of methoxy groups -OCH3 is 1. The van der Waals surface area contributed by atoms with Crippen LogP contribution in [0.4, 0.5) is 10.5 Å². The predicted molar refractivity (Wildman–Crippen MR) is 108 cm³/mol. The number of imide groups is 1. The maximum Gasteiger partial charge on any atom is 0.327 e. The lowest BCUT2D eigenvalue weighted by Crippen LogP contribution is -2.32. The summed E-state index contributed by atoms with van der Waals surface area (Å²) < 4.78 is 5.37. The lowest BCUT2D eigenvalue weighted by atomic mass is 10.1. The van der Waals surface area contributed by atoms with E-state index in [1.165, 1.54) is 12.0 Å². The summed E-state index contributed by atoms with van der Waals surface area (Å²) in [4.78, 5) is 40.8. The van der Waals surface area contributed by atoms with Crippen LogP contribution in [-0.4, -0.2) is 47.3 Å². The number of ether oxygens (including phenoxy) is 1. The summed E-state index contributed by atoms with van der Waals surface area (Å²) in [5.74, 6) is 0.122. The average Bonchev–Trinajstić information content (AvgIpc) is 3.28. The fraction of sp³-hybridized carbons (Fsp3) is 0.318. The molecule has 2 aliphatic rings. The van der Waals surface area contributed by atoms with Gasteiger partial charge in [0, 0.05) is 12.1 Å². The highest BCUT2D eigenvalue weighted by Gasteiger charge is 2.47. The molecule has 0 aromatic heterocycles. The second-order valence-corrected chi connectivity index (χ2v) is 7.36. The zero-order valence-electron chi connectivity index (χ0n) is 16.5. The molecule has 2 heterocycles. The molecule has 0 radical (unpaired) electrons. The van der Waals surface area contributed by atoms with Crippen molar-refractivity contribution >= 4 is 23.5 Å². The van der Waals surface area contributed by atoms with Gasteiger partial charge < -0.3 is 15.0 Å². The number of benzene rings is 2. The van der Waals surface area contributed by atoms with Crippen LogP contribution in [0.5, 0.6) is 5.75 Å². The number of aryl methyl sites for hydroxylation is 1. The van der Waals surface area contributed by atoms with Crippen molar-refractivity contribution in [2.24, 2.45) is 0 Å². The number of rotatable bonds is 5. The van der Waals surface area contributed by atoms with Gasteiger partial charge in [0.1, 0.15) is 11.8 Å². The third-order valence-corrected chi connectivity index (χ3v) is 5.52. The first-order valence-corrected chi connectivity index (χ1v) is 9.65. The molecular weight excluding hydrogens is 370 g/mol. The number of urea groups is 1. The van der Waals surface area contributed by atoms with Gasteiger partial charge in [-0.15, -0.1) is 0 Å². The van der Waals surface area contributed by atoms with Gasteiger partial charge in [0.2, 0.25) is 0 Å². The summed E-state index contributed by atoms with van der Waals surface area (Å²) in [6.07, 6.45) is 1.59. The Morgan fingerprint density at radius 3 is 2.72 bits per heavy atom. The maximum atomic E-state index is 12.7. The molecule has 29 heavy (non-hydrogen) atoms. The van der Waals surface area contributed by atoms with E-state index in [1.54, 1.807) is 29.2 Å². The Kier molecular flexibility index (Phi) is 4.96. The van der Waals surface area contributed by atoms with E-state index < -0.39 is 0 Å². The van der Waals surface area contributed by atoms with Crippen LogP contribution in [0.3, 0.4) is 0 Å². The van der Waals surface area contributed by atoms with E-state index in [0.717, 1.165) is 24.0 Å². The summed E-state index contributed by atoms with van der Waals surface area (Å²) in [6, 6.07) is 12.0. The first kappa shape index (κ1) is 19.0. The van der Waals surface area contributed by atoms with E-state index in [2.05, 4.69) is 5.32 Å². The number of nitrogens with one attached hydrogen (secondary N) is 1. The molecule has 2 saturated heterocycles. The van der Waals surface area contributed by atoms with Crippen LogP contribution in [0.25, 0.3) is 0 Å². The normalized spacial score (nSPS) is 18.2. The number of amides is 4. The van der Waals surface area contributed by atoms with Crippen molar-refractivity contribution in [2.75, 3.05) is 19.0 Å². The Labute approximate surface area is 169 Å². The van der Waals surface area contributed by atoms with Gasteiger partial charge in [-0.1, -0.05) is 24.3 Å². The number of nitrogens with zero attached hydrogens (tertiary/aromatic N) is 2. The van der Waals surface area contributed by atoms with Gasteiger partial charge in [-0.2, -0.15) is 0 Å². The van der Waals surface area contributed by atoms with E-state index in [4.69, 9.17) is 4.74 Å². The molecule has 0 saturated carbocycles. The topological polar surface area (TPSA) is 79.0 Å². The SMILES string of the molecule is COc1ccc(CN2C(=O)C3CCCN3C2=O)cc1NC(=O)c1ccccc1C. The van der Waals surface area contributed by atoms with Crippen LogP contribution in [0.1, 0.15) is 34.3 Å². The Morgan fingerprint density at radius 1 is 1.21 bits per heavy atom. The van der Waals surface area contributed by atoms with Gasteiger partial charge in [-0.05, 0) is 49.1 Å². The standard InChI is InChI=1S/C22H23N3O4/c1-14-6-3-4-7-16(14)20(26)23-17-12-15(9-10-19(17)29-2)13-25-21(27)18-8-5-11-24(18)22(25)28/h3-4,6-7,9-10,12,18H,5,8,11,13H2,1-2H3,(H,23,26). The number of fused-ring (bicyclic) bond motifs is 1. The van der Waals surface area contributed by atoms with Crippen LogP contribution in [0, 0.1) is 6.92 Å². The first-order valence-electron chi connectivity index (χ1n) is 9.65. The first-order chi connectivity index (χ1) is 14.0. The molecule has 7 heteroatoms. The highest BCUT2D eigenvalue weighted by atomic mass is 16.5. The molecule has 2 aromatic rings. The molecule has 1 unspecified atom stereocenters. The predicted octanol–water partition coefficient (Wildman–Crippen LogP) is 3.18. The van der Waals surface area contributed by atoms with Crippen molar-refractivity contribution in [3.63, 3.8) is 0 Å². The lowest BCUT2D eigenvalue weighted by molar-refractivity contribution is -0.128. The molecule has 0 bridgehead atoms. The number of carbonyl (C=O) groups is 3. The van der Waals surface area contributed by atoms with Crippen LogP contribution >= 0.6 is 0 Å². The number of hydrogen-bond acceptors (Lipinski definition) is 4. The Morgan fingerprint density at radius 2 is 2.00 bits per heavy atom. The molecule has 2 aliphatic heterocycles. The van der Waals surface area contributed by atoms with Gasteiger partial charge in [0.05, 0.1) is 19.3 Å². The largest absolute Gasteiger partial charge is 0.495 e. The smallest absolute Gasteiger partial charge is 0.327 e. The summed E-state index contributed by atoms with van der Waals surface area (Å²) in [7, 11) is 1.53. The van der Waals surface area contributed by atoms with Crippen LogP contribution in [0.15, 0.2) is 42.5 Å². The van der Waals surface area contributed by atoms with Gasteiger partial charge in [0.25, 0.3) is 11.8 Å². The summed E-state index contributed by atoms with van der Waals surface area (Å²) in [6.45, 7) is 2.67. The summed E-state index contributed by atoms with van der Waals surface area (Å²) >= 11 is 0. The molecular formula is C22H23N3O4. The highest BCUT2D eigenvalue weighted by Crippen LogP contribution is 2.31. The highest BCUT2D eigenvalue weighted by molar-refractivity contribution is 6.06. The van der Waals surface area contributed by atoms with E-state index in [-0.39, 0.29) is 30.4 Å². The van der Waals surface area contributed by atoms with Crippen LogP contribution < -0.4 is 10.1 Å². The molecule has 4 amide bonds. The fourth-order valence-corrected chi connectivity index (χ4v) is 3.98. The van der Waals surface area contributed by atoms with Gasteiger partial charge in [-0.3, -0.25) is 14.5 Å². The third kappa shape index (κ3) is 3.44. The monoisotopic (exact) mass is 393 g/mol. The Hall–Kier alpha value is -3.35. The van der Waals surface area contributed by atoms with E-state index >= 15 is 0 Å². The van der Waals surface area contributed by atoms with Crippen molar-refractivity contribution in [1.82, 2.24) is 9.80 Å². The van der Waals surface area contributed by atoms with Gasteiger partial charge in [0.15, 0.2) is 0 Å². The zero-order chi connectivity index (χ0) is 20.5. The quantitative estimate of drug-likeness (QED) is 0.792. The molecule has 4 rings (SSSR count). The molecule has 150 valence electrons. The minimum atomic E-state index is -0.319. The van der Waals surface area contributed by atoms with Crippen molar-refractivity contribution in [2.45, 2.75) is 32.4 Å². The van der Waals surface area contributed by atoms with E-state index in [1.807, 2.05) is 25.1 Å².